The number of nitrogens with one attached hydrogen (secondary N) is 1. The highest BCUT2D eigenvalue weighted by Gasteiger charge is 2.18. The van der Waals surface area contributed by atoms with Crippen LogP contribution < -0.4 is 16.0 Å². The molecule has 0 unspecified atom stereocenters. The van der Waals surface area contributed by atoms with E-state index in [2.05, 4.69) is 20.2 Å². The van der Waals surface area contributed by atoms with E-state index in [1.54, 1.807) is 0 Å². The Bertz CT molecular complexity index is 673. The van der Waals surface area contributed by atoms with Crippen molar-refractivity contribution in [3.63, 3.8) is 0 Å². The van der Waals surface area contributed by atoms with Crippen molar-refractivity contribution in [1.29, 1.82) is 0 Å². The summed E-state index contributed by atoms with van der Waals surface area (Å²) in [5, 5.41) is 3.96. The molecule has 0 bridgehead atoms. The summed E-state index contributed by atoms with van der Waals surface area (Å²) >= 11 is 5.98. The summed E-state index contributed by atoms with van der Waals surface area (Å²) in [6.07, 6.45) is 1.52. The highest BCUT2D eigenvalue weighted by molar-refractivity contribution is 6.30. The van der Waals surface area contributed by atoms with Gasteiger partial charge in [0.05, 0.1) is 13.2 Å². The molecule has 7 heteroatoms. The van der Waals surface area contributed by atoms with Gasteiger partial charge < -0.3 is 20.7 Å². The topological polar surface area (TPSA) is 76.3 Å². The van der Waals surface area contributed by atoms with Crippen LogP contribution in [0, 0.1) is 6.92 Å². The molecule has 0 radical (unpaired) electrons. The summed E-state index contributed by atoms with van der Waals surface area (Å²) in [5.41, 5.74) is 8.73. The number of halogens is 1. The highest BCUT2D eigenvalue weighted by atomic mass is 35.5. The van der Waals surface area contributed by atoms with Crippen molar-refractivity contribution in [3.8, 4) is 0 Å². The Morgan fingerprint density at radius 2 is 2.05 bits per heavy atom. The number of benzene rings is 1. The van der Waals surface area contributed by atoms with Crippen LogP contribution in [0.15, 0.2) is 24.5 Å². The lowest BCUT2D eigenvalue weighted by molar-refractivity contribution is 0.122. The van der Waals surface area contributed by atoms with Crippen LogP contribution in [-0.4, -0.2) is 36.3 Å². The van der Waals surface area contributed by atoms with Gasteiger partial charge in [0.2, 0.25) is 0 Å². The first kappa shape index (κ1) is 14.9. The molecule has 2 aromatic rings. The lowest BCUT2D eigenvalue weighted by atomic mass is 10.2. The number of aryl methyl sites for hydroxylation is 1. The average Bonchev–Trinajstić information content (AvgIpc) is 2.53. The van der Waals surface area contributed by atoms with Gasteiger partial charge >= 0.3 is 0 Å². The SMILES string of the molecule is Cc1cc(Cl)ccc1Nc1ncnc(N2CCOCC2)c1N. The van der Waals surface area contributed by atoms with Crippen LogP contribution in [0.1, 0.15) is 5.56 Å². The Morgan fingerprint density at radius 1 is 1.27 bits per heavy atom. The van der Waals surface area contributed by atoms with Gasteiger partial charge in [-0.15, -0.1) is 0 Å². The van der Waals surface area contributed by atoms with E-state index >= 15 is 0 Å². The van der Waals surface area contributed by atoms with Crippen LogP contribution in [0.3, 0.4) is 0 Å². The first-order chi connectivity index (χ1) is 10.6. The zero-order chi connectivity index (χ0) is 15.5. The van der Waals surface area contributed by atoms with Crippen molar-refractivity contribution in [3.05, 3.63) is 35.1 Å². The van der Waals surface area contributed by atoms with Crippen molar-refractivity contribution >= 4 is 34.6 Å². The predicted octanol–water partition coefficient (Wildman–Crippen LogP) is 2.60. The third kappa shape index (κ3) is 3.08. The molecule has 1 fully saturated rings. The average molecular weight is 320 g/mol. The molecule has 1 saturated heterocycles. The third-order valence-corrected chi connectivity index (χ3v) is 3.85. The zero-order valence-electron chi connectivity index (χ0n) is 12.3. The van der Waals surface area contributed by atoms with Crippen molar-refractivity contribution in [2.24, 2.45) is 0 Å². The van der Waals surface area contributed by atoms with Gasteiger partial charge in [-0.25, -0.2) is 9.97 Å². The molecule has 0 spiro atoms. The summed E-state index contributed by atoms with van der Waals surface area (Å²) in [4.78, 5) is 10.7. The number of morpholine rings is 1. The molecule has 2 heterocycles. The molecule has 0 amide bonds. The maximum atomic E-state index is 6.25. The van der Waals surface area contributed by atoms with Crippen molar-refractivity contribution in [2.75, 3.05) is 42.3 Å². The maximum absolute atomic E-state index is 6.25. The fraction of sp³-hybridized carbons (Fsp3) is 0.333. The maximum Gasteiger partial charge on any atom is 0.159 e. The van der Waals surface area contributed by atoms with Gasteiger partial charge in [0.25, 0.3) is 0 Å². The minimum absolute atomic E-state index is 0.541. The fourth-order valence-electron chi connectivity index (χ4n) is 2.41. The molecule has 3 N–H and O–H groups in total. The van der Waals surface area contributed by atoms with Crippen molar-refractivity contribution in [2.45, 2.75) is 6.92 Å². The number of ether oxygens (including phenoxy) is 1. The molecule has 1 aliphatic rings. The lowest BCUT2D eigenvalue weighted by Crippen LogP contribution is -2.37. The summed E-state index contributed by atoms with van der Waals surface area (Å²) in [5.74, 6) is 1.34. The highest BCUT2D eigenvalue weighted by Crippen LogP contribution is 2.30. The van der Waals surface area contributed by atoms with Crippen LogP contribution >= 0.6 is 11.6 Å². The fourth-order valence-corrected chi connectivity index (χ4v) is 2.63. The summed E-state index contributed by atoms with van der Waals surface area (Å²) in [7, 11) is 0. The molecule has 0 saturated carbocycles. The van der Waals surface area contributed by atoms with Gasteiger partial charge in [-0.1, -0.05) is 11.6 Å². The van der Waals surface area contributed by atoms with E-state index < -0.39 is 0 Å². The van der Waals surface area contributed by atoms with E-state index in [4.69, 9.17) is 22.1 Å². The van der Waals surface area contributed by atoms with Gasteiger partial charge in [0, 0.05) is 23.8 Å². The van der Waals surface area contributed by atoms with Gasteiger partial charge in [-0.3, -0.25) is 0 Å². The van der Waals surface area contributed by atoms with E-state index in [1.165, 1.54) is 6.33 Å². The number of nitrogens with two attached hydrogens (primary N) is 1. The number of nitrogen functional groups attached to an aromatic ring is 1. The van der Waals surface area contributed by atoms with E-state index in [0.29, 0.717) is 29.7 Å². The van der Waals surface area contributed by atoms with Crippen LogP contribution in [0.5, 0.6) is 0 Å². The lowest BCUT2D eigenvalue weighted by Gasteiger charge is -2.29. The number of hydrogen-bond acceptors (Lipinski definition) is 6. The molecule has 1 aromatic carbocycles. The number of aromatic nitrogens is 2. The smallest absolute Gasteiger partial charge is 0.159 e. The predicted molar refractivity (Wildman–Crippen MR) is 88.9 cm³/mol. The van der Waals surface area contributed by atoms with Gasteiger partial charge in [-0.05, 0) is 30.7 Å². The summed E-state index contributed by atoms with van der Waals surface area (Å²) in [6, 6.07) is 5.63. The number of nitrogens with zero attached hydrogens (tertiary/aromatic N) is 3. The second-order valence-electron chi connectivity index (χ2n) is 5.14. The van der Waals surface area contributed by atoms with Gasteiger partial charge in [0.1, 0.15) is 12.0 Å². The Kier molecular flexibility index (Phi) is 4.31. The minimum atomic E-state index is 0.541. The molecule has 0 aliphatic carbocycles. The Morgan fingerprint density at radius 3 is 2.77 bits per heavy atom. The normalized spacial score (nSPS) is 14.9. The molecular formula is C15H18ClN5O. The number of hydrogen-bond donors (Lipinski definition) is 2. The van der Waals surface area contributed by atoms with E-state index in [1.807, 2.05) is 25.1 Å². The molecule has 116 valence electrons. The molecular weight excluding hydrogens is 302 g/mol. The standard InChI is InChI=1S/C15H18ClN5O/c1-10-8-11(16)2-3-12(10)20-14-13(17)15(19-9-18-14)21-4-6-22-7-5-21/h2-3,8-9H,4-7,17H2,1H3,(H,18,19,20). The zero-order valence-corrected chi connectivity index (χ0v) is 13.1. The monoisotopic (exact) mass is 319 g/mol. The Labute approximate surface area is 134 Å². The Hall–Kier alpha value is -2.05. The third-order valence-electron chi connectivity index (χ3n) is 3.62. The van der Waals surface area contributed by atoms with Crippen LogP contribution in [0.25, 0.3) is 0 Å². The quantitative estimate of drug-likeness (QED) is 0.905. The molecule has 22 heavy (non-hydrogen) atoms. The minimum Gasteiger partial charge on any atom is -0.393 e. The first-order valence-electron chi connectivity index (χ1n) is 7.11. The van der Waals surface area contributed by atoms with Gasteiger partial charge in [0.15, 0.2) is 11.6 Å². The molecule has 6 nitrogen and oxygen atoms in total. The first-order valence-corrected chi connectivity index (χ1v) is 7.49. The number of rotatable bonds is 3. The molecule has 1 aromatic heterocycles. The number of anilines is 4. The van der Waals surface area contributed by atoms with Gasteiger partial charge in [-0.2, -0.15) is 0 Å². The second-order valence-corrected chi connectivity index (χ2v) is 5.58. The Balaban J connectivity index is 1.87. The van der Waals surface area contributed by atoms with Crippen LogP contribution in [0.4, 0.5) is 23.0 Å². The van der Waals surface area contributed by atoms with Crippen molar-refractivity contribution < 1.29 is 4.74 Å². The largest absolute Gasteiger partial charge is 0.393 e. The van der Waals surface area contributed by atoms with E-state index in [9.17, 15) is 0 Å². The molecule has 3 rings (SSSR count). The molecule has 1 aliphatic heterocycles. The van der Waals surface area contributed by atoms with Crippen LogP contribution in [0.2, 0.25) is 5.02 Å². The summed E-state index contributed by atoms with van der Waals surface area (Å²) < 4.78 is 5.36. The van der Waals surface area contributed by atoms with E-state index in [0.717, 1.165) is 30.2 Å². The van der Waals surface area contributed by atoms with Crippen LogP contribution in [-0.2, 0) is 4.74 Å². The van der Waals surface area contributed by atoms with Crippen molar-refractivity contribution in [1.82, 2.24) is 9.97 Å². The molecule has 0 atom stereocenters. The van der Waals surface area contributed by atoms with E-state index in [-0.39, 0.29) is 0 Å². The second kappa shape index (κ2) is 6.37. The summed E-state index contributed by atoms with van der Waals surface area (Å²) in [6.45, 7) is 4.90.